The molecule has 0 aromatic rings. The highest BCUT2D eigenvalue weighted by Crippen LogP contribution is 2.13. The molecule has 1 rings (SSSR count). The first-order valence-corrected chi connectivity index (χ1v) is 6.71. The molecule has 17 heavy (non-hydrogen) atoms. The molecule has 4 nitrogen and oxygen atoms in total. The Hall–Kier alpha value is -0.610. The number of hydrogen-bond acceptors (Lipinski definition) is 3. The van der Waals surface area contributed by atoms with E-state index in [1.807, 2.05) is 18.7 Å². The maximum atomic E-state index is 12.2. The monoisotopic (exact) mass is 242 g/mol. The lowest BCUT2D eigenvalue weighted by molar-refractivity contribution is -0.138. The molecule has 1 saturated heterocycles. The minimum absolute atomic E-state index is 0.00224. The van der Waals surface area contributed by atoms with Gasteiger partial charge >= 0.3 is 0 Å². The number of nitrogens with one attached hydrogen (secondary N) is 1. The maximum Gasteiger partial charge on any atom is 0.239 e. The van der Waals surface area contributed by atoms with E-state index in [4.69, 9.17) is 4.74 Å². The van der Waals surface area contributed by atoms with E-state index in [2.05, 4.69) is 19.2 Å². The summed E-state index contributed by atoms with van der Waals surface area (Å²) in [6, 6.07) is 0.353. The number of likely N-dealkylation sites (tertiary alicyclic amines) is 1. The SMILES string of the molecule is CCOC(C)CN1CCCC(NC(C)C)C1=O. The zero-order valence-electron chi connectivity index (χ0n) is 11.5. The summed E-state index contributed by atoms with van der Waals surface area (Å²) in [5.74, 6) is 0.233. The summed E-state index contributed by atoms with van der Waals surface area (Å²) >= 11 is 0. The fourth-order valence-corrected chi connectivity index (χ4v) is 2.33. The van der Waals surface area contributed by atoms with E-state index >= 15 is 0 Å². The molecule has 0 aromatic carbocycles. The van der Waals surface area contributed by atoms with Gasteiger partial charge in [-0.1, -0.05) is 13.8 Å². The van der Waals surface area contributed by atoms with Crippen LogP contribution in [0.5, 0.6) is 0 Å². The van der Waals surface area contributed by atoms with Crippen molar-refractivity contribution in [2.24, 2.45) is 0 Å². The predicted molar refractivity (Wildman–Crippen MR) is 69.0 cm³/mol. The molecule has 0 spiro atoms. The maximum absolute atomic E-state index is 12.2. The topological polar surface area (TPSA) is 41.6 Å². The zero-order valence-corrected chi connectivity index (χ0v) is 11.5. The summed E-state index contributed by atoms with van der Waals surface area (Å²) in [6.07, 6.45) is 2.16. The highest BCUT2D eigenvalue weighted by Gasteiger charge is 2.29. The summed E-state index contributed by atoms with van der Waals surface area (Å²) in [4.78, 5) is 14.1. The Kier molecular flexibility index (Phi) is 5.92. The van der Waals surface area contributed by atoms with Crippen molar-refractivity contribution in [1.82, 2.24) is 10.2 Å². The Bertz CT molecular complexity index is 244. The quantitative estimate of drug-likeness (QED) is 0.765. The van der Waals surface area contributed by atoms with Gasteiger partial charge in [-0.05, 0) is 26.7 Å². The van der Waals surface area contributed by atoms with Crippen molar-refractivity contribution in [3.63, 3.8) is 0 Å². The van der Waals surface area contributed by atoms with Crippen LogP contribution in [0.15, 0.2) is 0 Å². The van der Waals surface area contributed by atoms with E-state index in [-0.39, 0.29) is 18.1 Å². The normalized spacial score (nSPS) is 23.2. The third-order valence-corrected chi connectivity index (χ3v) is 2.99. The van der Waals surface area contributed by atoms with Crippen LogP contribution in [0.4, 0.5) is 0 Å². The molecule has 0 saturated carbocycles. The summed E-state index contributed by atoms with van der Waals surface area (Å²) in [7, 11) is 0. The molecule has 4 heteroatoms. The van der Waals surface area contributed by atoms with Gasteiger partial charge in [0.25, 0.3) is 0 Å². The molecule has 0 radical (unpaired) electrons. The van der Waals surface area contributed by atoms with E-state index < -0.39 is 0 Å². The van der Waals surface area contributed by atoms with Gasteiger partial charge in [0.05, 0.1) is 12.1 Å². The molecule has 1 fully saturated rings. The van der Waals surface area contributed by atoms with Gasteiger partial charge in [-0.25, -0.2) is 0 Å². The average molecular weight is 242 g/mol. The summed E-state index contributed by atoms with van der Waals surface area (Å²) < 4.78 is 5.49. The molecule has 1 aliphatic heterocycles. The lowest BCUT2D eigenvalue weighted by Crippen LogP contribution is -2.53. The lowest BCUT2D eigenvalue weighted by Gasteiger charge is -2.35. The van der Waals surface area contributed by atoms with E-state index in [0.29, 0.717) is 19.2 Å². The molecule has 100 valence electrons. The Morgan fingerprint density at radius 1 is 1.47 bits per heavy atom. The van der Waals surface area contributed by atoms with Gasteiger partial charge in [-0.3, -0.25) is 4.79 Å². The number of amides is 1. The van der Waals surface area contributed by atoms with Crippen LogP contribution >= 0.6 is 0 Å². The fraction of sp³-hybridized carbons (Fsp3) is 0.923. The van der Waals surface area contributed by atoms with E-state index in [9.17, 15) is 4.79 Å². The Morgan fingerprint density at radius 3 is 2.76 bits per heavy atom. The second-order valence-corrected chi connectivity index (χ2v) is 5.07. The molecule has 1 N–H and O–H groups in total. The van der Waals surface area contributed by atoms with Gasteiger partial charge in [-0.2, -0.15) is 0 Å². The van der Waals surface area contributed by atoms with E-state index in [0.717, 1.165) is 19.4 Å². The van der Waals surface area contributed by atoms with Crippen LogP contribution in [0.2, 0.25) is 0 Å². The largest absolute Gasteiger partial charge is 0.377 e. The average Bonchev–Trinajstić information content (AvgIpc) is 2.23. The first-order valence-electron chi connectivity index (χ1n) is 6.71. The van der Waals surface area contributed by atoms with Crippen molar-refractivity contribution >= 4 is 5.91 Å². The third kappa shape index (κ3) is 4.64. The highest BCUT2D eigenvalue weighted by molar-refractivity contribution is 5.82. The van der Waals surface area contributed by atoms with Gasteiger partial charge < -0.3 is 15.0 Å². The molecule has 0 bridgehead atoms. The first kappa shape index (κ1) is 14.5. The van der Waals surface area contributed by atoms with Crippen LogP contribution in [0.3, 0.4) is 0 Å². The molecule has 1 heterocycles. The molecule has 2 atom stereocenters. The number of ether oxygens (including phenoxy) is 1. The lowest BCUT2D eigenvalue weighted by atomic mass is 10.0. The molecule has 0 aromatic heterocycles. The predicted octanol–water partition coefficient (Wildman–Crippen LogP) is 1.40. The van der Waals surface area contributed by atoms with Crippen LogP contribution in [-0.2, 0) is 9.53 Å². The minimum atomic E-state index is -0.00224. The van der Waals surface area contributed by atoms with Crippen LogP contribution < -0.4 is 5.32 Å². The Labute approximate surface area is 105 Å². The van der Waals surface area contributed by atoms with Crippen LogP contribution in [0.25, 0.3) is 0 Å². The number of hydrogen-bond donors (Lipinski definition) is 1. The summed E-state index contributed by atoms with van der Waals surface area (Å²) in [5, 5.41) is 3.33. The standard InChI is InChI=1S/C13H26N2O2/c1-5-17-11(4)9-15-8-6-7-12(13(15)16)14-10(2)3/h10-12,14H,5-9H2,1-4H3. The van der Waals surface area contributed by atoms with Gasteiger partial charge in [0.1, 0.15) is 0 Å². The first-order chi connectivity index (χ1) is 8.04. The second-order valence-electron chi connectivity index (χ2n) is 5.07. The number of carbonyl (C=O) groups is 1. The van der Waals surface area contributed by atoms with Crippen molar-refractivity contribution in [3.8, 4) is 0 Å². The number of rotatable bonds is 6. The van der Waals surface area contributed by atoms with Crippen molar-refractivity contribution in [2.75, 3.05) is 19.7 Å². The van der Waals surface area contributed by atoms with Gasteiger partial charge in [0.2, 0.25) is 5.91 Å². The number of piperidine rings is 1. The van der Waals surface area contributed by atoms with Gasteiger partial charge in [0, 0.05) is 25.7 Å². The molecule has 1 amide bonds. The summed E-state index contributed by atoms with van der Waals surface area (Å²) in [5.41, 5.74) is 0. The zero-order chi connectivity index (χ0) is 12.8. The van der Waals surface area contributed by atoms with Crippen LogP contribution in [-0.4, -0.2) is 48.7 Å². The van der Waals surface area contributed by atoms with Crippen molar-refractivity contribution in [1.29, 1.82) is 0 Å². The fourth-order valence-electron chi connectivity index (χ4n) is 2.33. The molecule has 1 aliphatic rings. The smallest absolute Gasteiger partial charge is 0.239 e. The van der Waals surface area contributed by atoms with E-state index in [1.165, 1.54) is 0 Å². The van der Waals surface area contributed by atoms with Gasteiger partial charge in [-0.15, -0.1) is 0 Å². The van der Waals surface area contributed by atoms with E-state index in [1.54, 1.807) is 0 Å². The molecular weight excluding hydrogens is 216 g/mol. The number of carbonyl (C=O) groups excluding carboxylic acids is 1. The van der Waals surface area contributed by atoms with Crippen molar-refractivity contribution < 1.29 is 9.53 Å². The minimum Gasteiger partial charge on any atom is -0.377 e. The van der Waals surface area contributed by atoms with Crippen molar-refractivity contribution in [2.45, 2.75) is 58.7 Å². The summed E-state index contributed by atoms with van der Waals surface area (Å²) in [6.45, 7) is 10.4. The molecular formula is C13H26N2O2. The molecule has 0 aliphatic carbocycles. The number of nitrogens with zero attached hydrogens (tertiary/aromatic N) is 1. The Balaban J connectivity index is 2.47. The van der Waals surface area contributed by atoms with Crippen LogP contribution in [0, 0.1) is 0 Å². The Morgan fingerprint density at radius 2 is 2.18 bits per heavy atom. The van der Waals surface area contributed by atoms with Gasteiger partial charge in [0.15, 0.2) is 0 Å². The van der Waals surface area contributed by atoms with Crippen LogP contribution in [0.1, 0.15) is 40.5 Å². The third-order valence-electron chi connectivity index (χ3n) is 2.99. The molecule has 2 unspecified atom stereocenters. The second kappa shape index (κ2) is 6.97. The highest BCUT2D eigenvalue weighted by atomic mass is 16.5. The van der Waals surface area contributed by atoms with Crippen molar-refractivity contribution in [3.05, 3.63) is 0 Å².